The Balaban J connectivity index is 2.68. The topological polar surface area (TPSA) is 35.2 Å². The summed E-state index contributed by atoms with van der Waals surface area (Å²) in [6, 6.07) is 2.02. The number of ether oxygens (including phenoxy) is 1. The fourth-order valence-electron chi connectivity index (χ4n) is 2.80. The van der Waals surface area contributed by atoms with Gasteiger partial charge in [-0.25, -0.2) is 0 Å². The Morgan fingerprint density at radius 3 is 2.39 bits per heavy atom. The molecule has 0 amide bonds. The molecule has 1 fully saturated rings. The molecule has 1 aromatic carbocycles. The highest BCUT2D eigenvalue weighted by molar-refractivity contribution is 6.31. The van der Waals surface area contributed by atoms with Gasteiger partial charge < -0.3 is 10.5 Å². The van der Waals surface area contributed by atoms with Crippen LogP contribution in [0.2, 0.25) is 5.02 Å². The van der Waals surface area contributed by atoms with Gasteiger partial charge in [-0.15, -0.1) is 0 Å². The van der Waals surface area contributed by atoms with E-state index < -0.39 is 0 Å². The SMILES string of the molecule is COc1c(C(C)C)cc(Cl)c(C)c1C1(N)CCC1. The fraction of sp³-hybridized carbons (Fsp3) is 0.600. The summed E-state index contributed by atoms with van der Waals surface area (Å²) in [5.41, 5.74) is 9.59. The van der Waals surface area contributed by atoms with E-state index in [0.29, 0.717) is 5.92 Å². The molecule has 2 N–H and O–H groups in total. The number of rotatable bonds is 3. The van der Waals surface area contributed by atoms with Crippen LogP contribution in [0.3, 0.4) is 0 Å². The molecule has 1 saturated carbocycles. The molecular weight excluding hydrogens is 246 g/mol. The van der Waals surface area contributed by atoms with E-state index in [1.807, 2.05) is 13.0 Å². The summed E-state index contributed by atoms with van der Waals surface area (Å²) in [4.78, 5) is 0. The second kappa shape index (κ2) is 4.75. The van der Waals surface area contributed by atoms with Crippen LogP contribution in [0, 0.1) is 6.92 Å². The van der Waals surface area contributed by atoms with Gasteiger partial charge in [-0.05, 0) is 49.3 Å². The number of hydrogen-bond donors (Lipinski definition) is 1. The van der Waals surface area contributed by atoms with E-state index in [-0.39, 0.29) is 5.54 Å². The lowest BCUT2D eigenvalue weighted by atomic mass is 9.70. The highest BCUT2D eigenvalue weighted by Gasteiger charge is 2.39. The predicted molar refractivity (Wildman–Crippen MR) is 76.5 cm³/mol. The van der Waals surface area contributed by atoms with E-state index in [1.54, 1.807) is 7.11 Å². The first kappa shape index (κ1) is 13.7. The van der Waals surface area contributed by atoms with Crippen molar-refractivity contribution in [3.8, 4) is 5.75 Å². The third-order valence-corrected chi connectivity index (χ3v) is 4.47. The monoisotopic (exact) mass is 267 g/mol. The van der Waals surface area contributed by atoms with Crippen LogP contribution in [0.25, 0.3) is 0 Å². The van der Waals surface area contributed by atoms with Crippen molar-refractivity contribution in [1.29, 1.82) is 0 Å². The molecule has 1 aromatic rings. The van der Waals surface area contributed by atoms with E-state index >= 15 is 0 Å². The second-order valence-electron chi connectivity index (χ2n) is 5.65. The van der Waals surface area contributed by atoms with Crippen LogP contribution in [-0.4, -0.2) is 7.11 Å². The zero-order chi connectivity index (χ0) is 13.5. The van der Waals surface area contributed by atoms with E-state index in [1.165, 1.54) is 6.42 Å². The molecule has 2 nitrogen and oxygen atoms in total. The summed E-state index contributed by atoms with van der Waals surface area (Å²) < 4.78 is 5.66. The smallest absolute Gasteiger partial charge is 0.127 e. The molecule has 1 aliphatic rings. The zero-order valence-electron chi connectivity index (χ0n) is 11.6. The molecule has 2 rings (SSSR count). The number of halogens is 1. The van der Waals surface area contributed by atoms with Gasteiger partial charge in [0.25, 0.3) is 0 Å². The van der Waals surface area contributed by atoms with E-state index in [2.05, 4.69) is 13.8 Å². The van der Waals surface area contributed by atoms with Gasteiger partial charge in [0.15, 0.2) is 0 Å². The Bertz CT molecular complexity index is 464. The Hall–Kier alpha value is -0.730. The van der Waals surface area contributed by atoms with Gasteiger partial charge in [0.1, 0.15) is 5.75 Å². The average Bonchev–Trinajstić information content (AvgIpc) is 2.28. The lowest BCUT2D eigenvalue weighted by molar-refractivity contribution is 0.242. The molecule has 0 atom stereocenters. The summed E-state index contributed by atoms with van der Waals surface area (Å²) in [5.74, 6) is 1.31. The lowest BCUT2D eigenvalue weighted by Gasteiger charge is -2.41. The first-order valence-electron chi connectivity index (χ1n) is 6.57. The van der Waals surface area contributed by atoms with Crippen molar-refractivity contribution in [2.24, 2.45) is 5.73 Å². The Morgan fingerprint density at radius 1 is 1.39 bits per heavy atom. The first-order valence-corrected chi connectivity index (χ1v) is 6.95. The number of hydrogen-bond acceptors (Lipinski definition) is 2. The zero-order valence-corrected chi connectivity index (χ0v) is 12.4. The molecule has 0 spiro atoms. The maximum atomic E-state index is 6.50. The molecular formula is C15H22ClNO. The maximum absolute atomic E-state index is 6.50. The van der Waals surface area contributed by atoms with Crippen molar-refractivity contribution in [3.05, 3.63) is 27.8 Å². The summed E-state index contributed by atoms with van der Waals surface area (Å²) >= 11 is 6.37. The van der Waals surface area contributed by atoms with Crippen molar-refractivity contribution in [2.75, 3.05) is 7.11 Å². The van der Waals surface area contributed by atoms with Crippen LogP contribution in [-0.2, 0) is 5.54 Å². The summed E-state index contributed by atoms with van der Waals surface area (Å²) in [6.07, 6.45) is 3.22. The molecule has 0 aliphatic heterocycles. The highest BCUT2D eigenvalue weighted by atomic mass is 35.5. The van der Waals surface area contributed by atoms with Crippen molar-refractivity contribution >= 4 is 11.6 Å². The standard InChI is InChI=1S/C15H22ClNO/c1-9(2)11-8-12(16)10(3)13(14(11)18-4)15(17)6-5-7-15/h8-9H,5-7,17H2,1-4H3. The van der Waals surface area contributed by atoms with Gasteiger partial charge in [-0.1, -0.05) is 25.4 Å². The largest absolute Gasteiger partial charge is 0.496 e. The fourth-order valence-corrected chi connectivity index (χ4v) is 3.01. The minimum absolute atomic E-state index is 0.246. The van der Waals surface area contributed by atoms with Crippen molar-refractivity contribution in [2.45, 2.75) is 51.5 Å². The summed E-state index contributed by atoms with van der Waals surface area (Å²) in [7, 11) is 1.72. The minimum Gasteiger partial charge on any atom is -0.496 e. The van der Waals surface area contributed by atoms with Crippen LogP contribution < -0.4 is 10.5 Å². The van der Waals surface area contributed by atoms with Gasteiger partial charge >= 0.3 is 0 Å². The Kier molecular flexibility index (Phi) is 3.61. The van der Waals surface area contributed by atoms with Crippen LogP contribution >= 0.6 is 11.6 Å². The van der Waals surface area contributed by atoms with Gasteiger partial charge in [0.2, 0.25) is 0 Å². The van der Waals surface area contributed by atoms with E-state index in [0.717, 1.165) is 40.3 Å². The van der Waals surface area contributed by atoms with Crippen molar-refractivity contribution in [3.63, 3.8) is 0 Å². The quantitative estimate of drug-likeness (QED) is 0.894. The maximum Gasteiger partial charge on any atom is 0.127 e. The number of benzene rings is 1. The lowest BCUT2D eigenvalue weighted by Crippen LogP contribution is -2.44. The average molecular weight is 268 g/mol. The third-order valence-electron chi connectivity index (χ3n) is 4.07. The molecule has 18 heavy (non-hydrogen) atoms. The first-order chi connectivity index (χ1) is 8.40. The molecule has 0 radical (unpaired) electrons. The van der Waals surface area contributed by atoms with Crippen molar-refractivity contribution < 1.29 is 4.74 Å². The molecule has 0 heterocycles. The van der Waals surface area contributed by atoms with Gasteiger partial charge in [0.05, 0.1) is 7.11 Å². The van der Waals surface area contributed by atoms with Gasteiger partial charge in [-0.2, -0.15) is 0 Å². The molecule has 3 heteroatoms. The van der Waals surface area contributed by atoms with Crippen LogP contribution in [0.15, 0.2) is 6.07 Å². The van der Waals surface area contributed by atoms with Gasteiger partial charge in [0, 0.05) is 16.1 Å². The van der Waals surface area contributed by atoms with Gasteiger partial charge in [-0.3, -0.25) is 0 Å². The molecule has 1 aliphatic carbocycles. The number of nitrogens with two attached hydrogens (primary N) is 1. The molecule has 0 saturated heterocycles. The predicted octanol–water partition coefficient (Wildman–Crippen LogP) is 4.12. The molecule has 0 aromatic heterocycles. The highest BCUT2D eigenvalue weighted by Crippen LogP contribution is 2.48. The summed E-state index contributed by atoms with van der Waals surface area (Å²) in [6.45, 7) is 6.34. The minimum atomic E-state index is -0.246. The molecule has 0 unspecified atom stereocenters. The molecule has 0 bridgehead atoms. The Morgan fingerprint density at radius 2 is 2.00 bits per heavy atom. The molecule has 100 valence electrons. The van der Waals surface area contributed by atoms with Crippen LogP contribution in [0.1, 0.15) is 55.7 Å². The number of methoxy groups -OCH3 is 1. The van der Waals surface area contributed by atoms with Crippen LogP contribution in [0.4, 0.5) is 0 Å². The van der Waals surface area contributed by atoms with Crippen LogP contribution in [0.5, 0.6) is 5.75 Å². The second-order valence-corrected chi connectivity index (χ2v) is 6.05. The van der Waals surface area contributed by atoms with E-state index in [4.69, 9.17) is 22.1 Å². The van der Waals surface area contributed by atoms with Crippen molar-refractivity contribution in [1.82, 2.24) is 0 Å². The Labute approximate surface area is 114 Å². The summed E-state index contributed by atoms with van der Waals surface area (Å²) in [5, 5.41) is 0.797. The van der Waals surface area contributed by atoms with E-state index in [9.17, 15) is 0 Å². The third kappa shape index (κ3) is 2.02. The normalized spacial score (nSPS) is 17.7.